The van der Waals surface area contributed by atoms with Crippen LogP contribution in [-0.4, -0.2) is 50.8 Å². The Balaban J connectivity index is 1.96. The fourth-order valence-electron chi connectivity index (χ4n) is 3.92. The molecular formula is C28H33N3O4S. The highest BCUT2D eigenvalue weighted by molar-refractivity contribution is 7.92. The van der Waals surface area contributed by atoms with Crippen molar-refractivity contribution in [1.29, 1.82) is 0 Å². The van der Waals surface area contributed by atoms with E-state index in [1.54, 1.807) is 43.3 Å². The summed E-state index contributed by atoms with van der Waals surface area (Å²) in [4.78, 5) is 27.9. The molecule has 0 aliphatic carbocycles. The van der Waals surface area contributed by atoms with Crippen LogP contribution in [0.15, 0.2) is 89.8 Å². The molecule has 0 aliphatic heterocycles. The second-order valence-electron chi connectivity index (χ2n) is 8.56. The topological polar surface area (TPSA) is 86.8 Å². The normalized spacial score (nSPS) is 12.0. The highest BCUT2D eigenvalue weighted by atomic mass is 32.2. The quantitative estimate of drug-likeness (QED) is 0.428. The first-order valence-electron chi connectivity index (χ1n) is 12.0. The second kappa shape index (κ2) is 12.4. The van der Waals surface area contributed by atoms with Crippen molar-refractivity contribution in [3.8, 4) is 0 Å². The number of amides is 2. The molecule has 0 aromatic heterocycles. The van der Waals surface area contributed by atoms with Crippen LogP contribution in [0.25, 0.3) is 0 Å². The summed E-state index contributed by atoms with van der Waals surface area (Å²) in [5.41, 5.74) is 2.27. The minimum absolute atomic E-state index is 0.0897. The summed E-state index contributed by atoms with van der Waals surface area (Å²) in [5, 5.41) is 2.76. The van der Waals surface area contributed by atoms with Crippen molar-refractivity contribution in [2.75, 3.05) is 23.9 Å². The maximum atomic E-state index is 13.7. The maximum Gasteiger partial charge on any atom is 0.264 e. The molecular weight excluding hydrogens is 474 g/mol. The monoisotopic (exact) mass is 507 g/mol. The number of anilines is 1. The van der Waals surface area contributed by atoms with Crippen molar-refractivity contribution in [3.05, 3.63) is 96.1 Å². The summed E-state index contributed by atoms with van der Waals surface area (Å²) in [6.45, 7) is 5.61. The minimum atomic E-state index is -4.04. The molecule has 36 heavy (non-hydrogen) atoms. The zero-order valence-electron chi connectivity index (χ0n) is 20.9. The molecule has 1 atom stereocenters. The second-order valence-corrected chi connectivity index (χ2v) is 10.4. The number of nitrogens with one attached hydrogen (secondary N) is 1. The van der Waals surface area contributed by atoms with Crippen LogP contribution < -0.4 is 9.62 Å². The lowest BCUT2D eigenvalue weighted by atomic mass is 10.1. The van der Waals surface area contributed by atoms with Crippen LogP contribution in [0.5, 0.6) is 0 Å². The van der Waals surface area contributed by atoms with Crippen LogP contribution in [0.1, 0.15) is 25.0 Å². The van der Waals surface area contributed by atoms with Gasteiger partial charge in [0.2, 0.25) is 11.8 Å². The average Bonchev–Trinajstić information content (AvgIpc) is 2.88. The standard InChI is InChI=1S/C28H33N3O4S/c1-4-29-28(33)23(3)30(19-18-24-13-7-5-8-14-24)27(32)21-31(25-15-11-12-22(2)20-25)36(34,35)26-16-9-6-10-17-26/h5-17,20,23H,4,18-19,21H2,1-3H3,(H,29,33)/t23-/m0/s1. The Morgan fingerprint density at radius 3 is 2.17 bits per heavy atom. The molecule has 190 valence electrons. The van der Waals surface area contributed by atoms with Gasteiger partial charge in [0.1, 0.15) is 12.6 Å². The summed E-state index contributed by atoms with van der Waals surface area (Å²) >= 11 is 0. The van der Waals surface area contributed by atoms with Crippen molar-refractivity contribution in [3.63, 3.8) is 0 Å². The van der Waals surface area contributed by atoms with Gasteiger partial charge in [-0.15, -0.1) is 0 Å². The number of carbonyl (C=O) groups excluding carboxylic acids is 2. The molecule has 0 saturated heterocycles. The molecule has 7 nitrogen and oxygen atoms in total. The van der Waals surface area contributed by atoms with Gasteiger partial charge < -0.3 is 10.2 Å². The fourth-order valence-corrected chi connectivity index (χ4v) is 5.35. The average molecular weight is 508 g/mol. The predicted octanol–water partition coefficient (Wildman–Crippen LogP) is 3.79. The molecule has 0 spiro atoms. The van der Waals surface area contributed by atoms with Gasteiger partial charge in [-0.1, -0.05) is 60.7 Å². The van der Waals surface area contributed by atoms with E-state index in [-0.39, 0.29) is 17.3 Å². The predicted molar refractivity (Wildman–Crippen MR) is 142 cm³/mol. The van der Waals surface area contributed by atoms with E-state index in [4.69, 9.17) is 0 Å². The molecule has 0 unspecified atom stereocenters. The van der Waals surface area contributed by atoms with Gasteiger partial charge in [0, 0.05) is 13.1 Å². The summed E-state index contributed by atoms with van der Waals surface area (Å²) < 4.78 is 28.4. The lowest BCUT2D eigenvalue weighted by Gasteiger charge is -2.32. The zero-order chi connectivity index (χ0) is 26.1. The first-order chi connectivity index (χ1) is 17.2. The van der Waals surface area contributed by atoms with Crippen LogP contribution in [-0.2, 0) is 26.0 Å². The van der Waals surface area contributed by atoms with E-state index in [0.717, 1.165) is 15.4 Å². The van der Waals surface area contributed by atoms with Crippen molar-refractivity contribution < 1.29 is 18.0 Å². The van der Waals surface area contributed by atoms with Crippen molar-refractivity contribution in [2.24, 2.45) is 0 Å². The van der Waals surface area contributed by atoms with Crippen molar-refractivity contribution in [2.45, 2.75) is 38.1 Å². The van der Waals surface area contributed by atoms with Gasteiger partial charge >= 0.3 is 0 Å². The van der Waals surface area contributed by atoms with Crippen LogP contribution in [0.3, 0.4) is 0 Å². The Morgan fingerprint density at radius 1 is 0.917 bits per heavy atom. The van der Waals surface area contributed by atoms with Gasteiger partial charge in [-0.05, 0) is 62.6 Å². The first kappa shape index (κ1) is 26.9. The SMILES string of the molecule is CCNC(=O)[C@H](C)N(CCc1ccccc1)C(=O)CN(c1cccc(C)c1)S(=O)(=O)c1ccccc1. The number of sulfonamides is 1. The molecule has 0 saturated carbocycles. The van der Waals surface area contributed by atoms with E-state index in [2.05, 4.69) is 5.32 Å². The number of rotatable bonds is 11. The molecule has 0 fully saturated rings. The smallest absolute Gasteiger partial charge is 0.264 e. The van der Waals surface area contributed by atoms with Gasteiger partial charge in [0.05, 0.1) is 10.6 Å². The Bertz CT molecular complexity index is 1260. The molecule has 1 N–H and O–H groups in total. The minimum Gasteiger partial charge on any atom is -0.355 e. The Hall–Kier alpha value is -3.65. The van der Waals surface area contributed by atoms with Crippen LogP contribution in [0, 0.1) is 6.92 Å². The molecule has 0 aliphatic rings. The van der Waals surface area contributed by atoms with Crippen LogP contribution in [0.2, 0.25) is 0 Å². The number of carbonyl (C=O) groups is 2. The van der Waals surface area contributed by atoms with E-state index >= 15 is 0 Å². The van der Waals surface area contributed by atoms with E-state index < -0.39 is 28.5 Å². The molecule has 0 heterocycles. The maximum absolute atomic E-state index is 13.7. The largest absolute Gasteiger partial charge is 0.355 e. The molecule has 3 aromatic rings. The molecule has 0 radical (unpaired) electrons. The summed E-state index contributed by atoms with van der Waals surface area (Å²) in [5.74, 6) is -0.738. The fraction of sp³-hybridized carbons (Fsp3) is 0.286. The Morgan fingerprint density at radius 2 is 1.56 bits per heavy atom. The van der Waals surface area contributed by atoms with Gasteiger partial charge in [0.15, 0.2) is 0 Å². The van der Waals surface area contributed by atoms with Crippen LogP contribution in [0.4, 0.5) is 5.69 Å². The van der Waals surface area contributed by atoms with E-state index in [9.17, 15) is 18.0 Å². The van der Waals surface area contributed by atoms with Gasteiger partial charge in [-0.25, -0.2) is 8.42 Å². The van der Waals surface area contributed by atoms with E-state index in [1.807, 2.05) is 50.2 Å². The first-order valence-corrected chi connectivity index (χ1v) is 13.4. The highest BCUT2D eigenvalue weighted by Crippen LogP contribution is 2.25. The molecule has 0 bridgehead atoms. The van der Waals surface area contributed by atoms with Crippen molar-refractivity contribution >= 4 is 27.5 Å². The third kappa shape index (κ3) is 6.73. The Labute approximate surface area is 213 Å². The number of likely N-dealkylation sites (N-methyl/N-ethyl adjacent to an activating group) is 1. The molecule has 8 heteroatoms. The zero-order valence-corrected chi connectivity index (χ0v) is 21.7. The van der Waals surface area contributed by atoms with Gasteiger partial charge in [-0.2, -0.15) is 0 Å². The third-order valence-electron chi connectivity index (χ3n) is 5.90. The number of hydrogen-bond donors (Lipinski definition) is 1. The molecule has 3 aromatic carbocycles. The molecule has 3 rings (SSSR count). The number of benzene rings is 3. The lowest BCUT2D eigenvalue weighted by Crippen LogP contribution is -2.52. The van der Waals surface area contributed by atoms with E-state index in [0.29, 0.717) is 18.7 Å². The van der Waals surface area contributed by atoms with Gasteiger partial charge in [-0.3, -0.25) is 13.9 Å². The van der Waals surface area contributed by atoms with Gasteiger partial charge in [0.25, 0.3) is 10.0 Å². The number of nitrogens with zero attached hydrogens (tertiary/aromatic N) is 2. The Kier molecular flexibility index (Phi) is 9.25. The van der Waals surface area contributed by atoms with Crippen LogP contribution >= 0.6 is 0 Å². The summed E-state index contributed by atoms with van der Waals surface area (Å²) in [7, 11) is -4.04. The number of hydrogen-bond acceptors (Lipinski definition) is 4. The highest BCUT2D eigenvalue weighted by Gasteiger charge is 2.32. The summed E-state index contributed by atoms with van der Waals surface area (Å²) in [6.07, 6.45) is 0.534. The lowest BCUT2D eigenvalue weighted by molar-refractivity contribution is -0.138. The number of aryl methyl sites for hydroxylation is 1. The van der Waals surface area contributed by atoms with E-state index in [1.165, 1.54) is 17.0 Å². The van der Waals surface area contributed by atoms with Crippen molar-refractivity contribution in [1.82, 2.24) is 10.2 Å². The third-order valence-corrected chi connectivity index (χ3v) is 7.69. The molecule has 2 amide bonds. The summed E-state index contributed by atoms with van der Waals surface area (Å²) in [6, 6.07) is 24.0.